The average molecular weight is 266 g/mol. The smallest absolute Gasteiger partial charge is 0.325 e. The highest BCUT2D eigenvalue weighted by molar-refractivity contribution is 5.80. The summed E-state index contributed by atoms with van der Waals surface area (Å²) in [4.78, 5) is 49.2. The molecule has 1 aromatic rings. The Bertz CT molecular complexity index is 565. The first kappa shape index (κ1) is 13.1. The zero-order valence-corrected chi connectivity index (χ0v) is 10.1. The minimum absolute atomic E-state index is 0.0237. The maximum Gasteiger partial charge on any atom is 0.325 e. The molecule has 0 bridgehead atoms. The highest BCUT2D eigenvalue weighted by Gasteiger charge is 2.19. The van der Waals surface area contributed by atoms with Crippen LogP contribution >= 0.6 is 0 Å². The molecule has 0 spiro atoms. The van der Waals surface area contributed by atoms with Gasteiger partial charge in [0.25, 0.3) is 5.56 Å². The van der Waals surface area contributed by atoms with Gasteiger partial charge in [0, 0.05) is 30.8 Å². The lowest BCUT2D eigenvalue weighted by molar-refractivity contribution is -0.125. The molecule has 1 atom stereocenters. The second-order valence-corrected chi connectivity index (χ2v) is 4.40. The Balaban J connectivity index is 1.92. The van der Waals surface area contributed by atoms with Crippen molar-refractivity contribution in [3.63, 3.8) is 0 Å². The molecule has 0 aliphatic carbocycles. The third kappa shape index (κ3) is 3.80. The van der Waals surface area contributed by atoms with Crippen molar-refractivity contribution in [1.29, 1.82) is 0 Å². The molecular formula is C11H14N4O4. The van der Waals surface area contributed by atoms with Gasteiger partial charge in [0.1, 0.15) is 0 Å². The maximum atomic E-state index is 11.7. The minimum atomic E-state index is -0.639. The summed E-state index contributed by atoms with van der Waals surface area (Å²) in [5.74, 6) is -0.327. The summed E-state index contributed by atoms with van der Waals surface area (Å²) in [6.45, 7) is 0.399. The van der Waals surface area contributed by atoms with Crippen LogP contribution in [0.1, 0.15) is 18.5 Å². The molecule has 0 saturated carbocycles. The van der Waals surface area contributed by atoms with Gasteiger partial charge in [-0.05, 0) is 6.42 Å². The number of aromatic amines is 2. The van der Waals surface area contributed by atoms with Gasteiger partial charge in [-0.15, -0.1) is 0 Å². The summed E-state index contributed by atoms with van der Waals surface area (Å²) in [5, 5.41) is 5.39. The van der Waals surface area contributed by atoms with Crippen LogP contribution in [0.3, 0.4) is 0 Å². The molecule has 0 aromatic carbocycles. The molecule has 1 aliphatic heterocycles. The van der Waals surface area contributed by atoms with Crippen molar-refractivity contribution in [3.8, 4) is 0 Å². The molecule has 1 fully saturated rings. The van der Waals surface area contributed by atoms with E-state index in [1.165, 1.54) is 6.07 Å². The standard InChI is InChI=1S/C11H14N4O4/c16-8-2-1-6(5-12-8)13-9(17)3-7-4-10(18)15-11(19)14-7/h4,6H,1-3,5H2,(H,12,16)(H,13,17)(H2,14,15,18,19). The predicted molar refractivity (Wildman–Crippen MR) is 65.6 cm³/mol. The molecule has 2 rings (SSSR count). The molecule has 2 amide bonds. The summed E-state index contributed by atoms with van der Waals surface area (Å²) in [7, 11) is 0. The fourth-order valence-electron chi connectivity index (χ4n) is 1.92. The lowest BCUT2D eigenvalue weighted by Gasteiger charge is -2.23. The predicted octanol–water partition coefficient (Wildman–Crippen LogP) is -2.00. The highest BCUT2D eigenvalue weighted by atomic mass is 16.2. The topological polar surface area (TPSA) is 124 Å². The molecular weight excluding hydrogens is 252 g/mol. The maximum absolute atomic E-state index is 11.7. The quantitative estimate of drug-likeness (QED) is 0.505. The number of hydrogen-bond acceptors (Lipinski definition) is 4. The van der Waals surface area contributed by atoms with Gasteiger partial charge >= 0.3 is 5.69 Å². The van der Waals surface area contributed by atoms with Crippen molar-refractivity contribution < 1.29 is 9.59 Å². The fraction of sp³-hybridized carbons (Fsp3) is 0.455. The van der Waals surface area contributed by atoms with Crippen LogP contribution < -0.4 is 21.9 Å². The van der Waals surface area contributed by atoms with Crippen LogP contribution in [0.15, 0.2) is 15.7 Å². The van der Waals surface area contributed by atoms with Crippen LogP contribution in [-0.4, -0.2) is 34.4 Å². The van der Waals surface area contributed by atoms with E-state index in [1.54, 1.807) is 0 Å². The van der Waals surface area contributed by atoms with E-state index in [1.807, 2.05) is 4.98 Å². The van der Waals surface area contributed by atoms with Crippen molar-refractivity contribution in [1.82, 2.24) is 20.6 Å². The Morgan fingerprint density at radius 1 is 1.32 bits per heavy atom. The Morgan fingerprint density at radius 3 is 2.74 bits per heavy atom. The SMILES string of the molecule is O=C1CCC(NC(=O)Cc2cc(=O)[nH]c(=O)[nH]2)CN1. The monoisotopic (exact) mass is 266 g/mol. The molecule has 102 valence electrons. The number of rotatable bonds is 3. The first-order valence-electron chi connectivity index (χ1n) is 5.91. The molecule has 1 saturated heterocycles. The van der Waals surface area contributed by atoms with E-state index in [0.29, 0.717) is 19.4 Å². The largest absolute Gasteiger partial charge is 0.354 e. The molecule has 2 heterocycles. The zero-order chi connectivity index (χ0) is 13.8. The van der Waals surface area contributed by atoms with Crippen LogP contribution in [0, 0.1) is 0 Å². The summed E-state index contributed by atoms with van der Waals surface area (Å²) >= 11 is 0. The fourth-order valence-corrected chi connectivity index (χ4v) is 1.92. The van der Waals surface area contributed by atoms with E-state index in [9.17, 15) is 19.2 Å². The molecule has 1 unspecified atom stereocenters. The van der Waals surface area contributed by atoms with E-state index in [2.05, 4.69) is 15.6 Å². The van der Waals surface area contributed by atoms with E-state index in [0.717, 1.165) is 0 Å². The van der Waals surface area contributed by atoms with Crippen molar-refractivity contribution >= 4 is 11.8 Å². The van der Waals surface area contributed by atoms with Gasteiger partial charge in [0.2, 0.25) is 11.8 Å². The van der Waals surface area contributed by atoms with Crippen molar-refractivity contribution in [2.24, 2.45) is 0 Å². The molecule has 8 heteroatoms. The molecule has 0 radical (unpaired) electrons. The van der Waals surface area contributed by atoms with Gasteiger partial charge in [-0.3, -0.25) is 19.4 Å². The van der Waals surface area contributed by atoms with Crippen LogP contribution in [0.25, 0.3) is 0 Å². The Morgan fingerprint density at radius 2 is 2.11 bits per heavy atom. The first-order valence-corrected chi connectivity index (χ1v) is 5.91. The van der Waals surface area contributed by atoms with Gasteiger partial charge in [-0.2, -0.15) is 0 Å². The third-order valence-electron chi connectivity index (χ3n) is 2.80. The van der Waals surface area contributed by atoms with Crippen LogP contribution in [-0.2, 0) is 16.0 Å². The average Bonchev–Trinajstić information content (AvgIpc) is 2.30. The van der Waals surface area contributed by atoms with E-state index >= 15 is 0 Å². The van der Waals surface area contributed by atoms with E-state index in [4.69, 9.17) is 0 Å². The number of amides is 2. The Labute approximate surface area is 107 Å². The summed E-state index contributed by atoms with van der Waals surface area (Å²) in [6.07, 6.45) is 0.889. The molecule has 1 aromatic heterocycles. The number of carbonyl (C=O) groups excluding carboxylic acids is 2. The number of hydrogen-bond donors (Lipinski definition) is 4. The number of nitrogens with one attached hydrogen (secondary N) is 4. The van der Waals surface area contributed by atoms with Gasteiger partial charge in [-0.25, -0.2) is 4.79 Å². The van der Waals surface area contributed by atoms with Gasteiger partial charge in [0.05, 0.1) is 6.42 Å². The van der Waals surface area contributed by atoms with Crippen molar-refractivity contribution in [2.75, 3.05) is 6.54 Å². The summed E-state index contributed by atoms with van der Waals surface area (Å²) < 4.78 is 0. The Hall–Kier alpha value is -2.38. The van der Waals surface area contributed by atoms with Crippen LogP contribution in [0.4, 0.5) is 0 Å². The third-order valence-corrected chi connectivity index (χ3v) is 2.80. The van der Waals surface area contributed by atoms with Crippen LogP contribution in [0.2, 0.25) is 0 Å². The minimum Gasteiger partial charge on any atom is -0.354 e. The number of H-pyrrole nitrogens is 2. The van der Waals surface area contributed by atoms with Crippen LogP contribution in [0.5, 0.6) is 0 Å². The van der Waals surface area contributed by atoms with Gasteiger partial charge in [0.15, 0.2) is 0 Å². The first-order chi connectivity index (χ1) is 9.02. The van der Waals surface area contributed by atoms with Gasteiger partial charge < -0.3 is 15.6 Å². The second kappa shape index (κ2) is 5.51. The number of aromatic nitrogens is 2. The Kier molecular flexibility index (Phi) is 3.79. The highest BCUT2D eigenvalue weighted by Crippen LogP contribution is 2.02. The molecule has 19 heavy (non-hydrogen) atoms. The lowest BCUT2D eigenvalue weighted by Crippen LogP contribution is -2.48. The second-order valence-electron chi connectivity index (χ2n) is 4.40. The zero-order valence-electron chi connectivity index (χ0n) is 10.1. The summed E-state index contributed by atoms with van der Waals surface area (Å²) in [5.41, 5.74) is -0.928. The van der Waals surface area contributed by atoms with E-state index in [-0.39, 0.29) is 30.0 Å². The number of piperidine rings is 1. The number of carbonyl (C=O) groups is 2. The van der Waals surface area contributed by atoms with Crippen molar-refractivity contribution in [2.45, 2.75) is 25.3 Å². The van der Waals surface area contributed by atoms with E-state index < -0.39 is 11.2 Å². The molecule has 8 nitrogen and oxygen atoms in total. The lowest BCUT2D eigenvalue weighted by atomic mass is 10.1. The summed E-state index contributed by atoms with van der Waals surface area (Å²) in [6, 6.07) is 1.06. The molecule has 1 aliphatic rings. The normalized spacial score (nSPS) is 18.7. The van der Waals surface area contributed by atoms with Crippen molar-refractivity contribution in [3.05, 3.63) is 32.6 Å². The molecule has 4 N–H and O–H groups in total. The van der Waals surface area contributed by atoms with Gasteiger partial charge in [-0.1, -0.05) is 0 Å².